The molecule has 0 aromatic rings. The molecule has 0 radical (unpaired) electrons. The number of allylic oxidation sites excluding steroid dienone is 2. The van der Waals surface area contributed by atoms with E-state index in [1.807, 2.05) is 0 Å². The molecule has 0 aromatic heterocycles. The first kappa shape index (κ1) is 5.40. The average Bonchev–Trinajstić information content (AvgIpc) is 2.43. The zero-order valence-corrected chi connectivity index (χ0v) is 6.80. The van der Waals surface area contributed by atoms with E-state index in [1.54, 1.807) is 0 Å². The SMILES string of the molecule is [2H]C1CC2C=CC1(C(C)C)C2. The Bertz CT molecular complexity index is 195. The summed E-state index contributed by atoms with van der Waals surface area (Å²) >= 11 is 0. The molecule has 2 aliphatic carbocycles. The molecule has 10 heavy (non-hydrogen) atoms. The Hall–Kier alpha value is -0.260. The predicted molar refractivity (Wildman–Crippen MR) is 43.8 cm³/mol. The van der Waals surface area contributed by atoms with Gasteiger partial charge in [0.2, 0.25) is 0 Å². The van der Waals surface area contributed by atoms with Gasteiger partial charge in [0.05, 0.1) is 0 Å². The minimum absolute atomic E-state index is 0.178. The highest BCUT2D eigenvalue weighted by molar-refractivity contribution is 5.16. The van der Waals surface area contributed by atoms with E-state index in [-0.39, 0.29) is 11.8 Å². The van der Waals surface area contributed by atoms with Crippen LogP contribution < -0.4 is 0 Å². The van der Waals surface area contributed by atoms with E-state index in [9.17, 15) is 0 Å². The van der Waals surface area contributed by atoms with Crippen molar-refractivity contribution in [3.63, 3.8) is 0 Å². The van der Waals surface area contributed by atoms with Crippen molar-refractivity contribution in [3.05, 3.63) is 12.2 Å². The van der Waals surface area contributed by atoms with E-state index in [2.05, 4.69) is 26.0 Å². The molecule has 0 N–H and O–H groups in total. The maximum Gasteiger partial charge on any atom is 0.0276 e. The lowest BCUT2D eigenvalue weighted by molar-refractivity contribution is 0.280. The number of hydrogen-bond acceptors (Lipinski definition) is 0. The van der Waals surface area contributed by atoms with Crippen LogP contribution in [0, 0.1) is 17.3 Å². The molecule has 0 aromatic carbocycles. The fourth-order valence-electron chi connectivity index (χ4n) is 2.25. The lowest BCUT2D eigenvalue weighted by Gasteiger charge is -2.27. The summed E-state index contributed by atoms with van der Waals surface area (Å²) in [5.41, 5.74) is 0.255. The van der Waals surface area contributed by atoms with E-state index >= 15 is 0 Å². The quantitative estimate of drug-likeness (QED) is 0.487. The molecular formula is C10H16. The molecule has 0 aliphatic heterocycles. The second-order valence-corrected chi connectivity index (χ2v) is 4.03. The van der Waals surface area contributed by atoms with Crippen molar-refractivity contribution in [3.8, 4) is 0 Å². The van der Waals surface area contributed by atoms with Gasteiger partial charge in [0.25, 0.3) is 0 Å². The van der Waals surface area contributed by atoms with Crippen molar-refractivity contribution in [1.29, 1.82) is 0 Å². The van der Waals surface area contributed by atoms with E-state index in [0.29, 0.717) is 5.92 Å². The first-order chi connectivity index (χ1) is 5.15. The van der Waals surface area contributed by atoms with Gasteiger partial charge in [0.1, 0.15) is 0 Å². The van der Waals surface area contributed by atoms with Crippen LogP contribution in [0.4, 0.5) is 0 Å². The molecule has 0 heteroatoms. The van der Waals surface area contributed by atoms with Crippen molar-refractivity contribution in [1.82, 2.24) is 0 Å². The summed E-state index contributed by atoms with van der Waals surface area (Å²) in [6.45, 7) is 4.50. The van der Waals surface area contributed by atoms with Gasteiger partial charge in [-0.1, -0.05) is 26.0 Å². The Kier molecular flexibility index (Phi) is 1.01. The molecule has 56 valence electrons. The molecule has 2 bridgehead atoms. The van der Waals surface area contributed by atoms with Gasteiger partial charge in [0, 0.05) is 1.37 Å². The van der Waals surface area contributed by atoms with Gasteiger partial charge in [-0.3, -0.25) is 0 Å². The first-order valence-electron chi connectivity index (χ1n) is 4.84. The fourth-order valence-corrected chi connectivity index (χ4v) is 2.25. The van der Waals surface area contributed by atoms with Gasteiger partial charge in [-0.05, 0) is 36.5 Å². The Balaban J connectivity index is 2.30. The van der Waals surface area contributed by atoms with E-state index in [4.69, 9.17) is 1.37 Å². The topological polar surface area (TPSA) is 0 Å². The van der Waals surface area contributed by atoms with E-state index < -0.39 is 0 Å². The predicted octanol–water partition coefficient (Wildman–Crippen LogP) is 3.00. The largest absolute Gasteiger partial charge is 0.0848 e. The van der Waals surface area contributed by atoms with Crippen LogP contribution in [0.15, 0.2) is 12.2 Å². The molecule has 0 nitrogen and oxygen atoms in total. The second kappa shape index (κ2) is 1.87. The molecular weight excluding hydrogens is 120 g/mol. The Labute approximate surface area is 64.7 Å². The molecule has 0 spiro atoms. The van der Waals surface area contributed by atoms with E-state index in [1.165, 1.54) is 6.42 Å². The van der Waals surface area contributed by atoms with Gasteiger partial charge in [-0.15, -0.1) is 0 Å². The standard InChI is InChI=1S/C10H16/c1-8(2)10-5-3-9(7-10)4-6-10/h3,5,8-9H,4,6-7H2,1-2H3/i6D. The molecule has 2 aliphatic rings. The molecule has 1 saturated carbocycles. The van der Waals surface area contributed by atoms with Crippen LogP contribution in [-0.4, -0.2) is 0 Å². The third kappa shape index (κ3) is 0.680. The Morgan fingerprint density at radius 3 is 2.80 bits per heavy atom. The Morgan fingerprint density at radius 2 is 2.50 bits per heavy atom. The monoisotopic (exact) mass is 137 g/mol. The summed E-state index contributed by atoms with van der Waals surface area (Å²) in [5.74, 6) is 1.38. The van der Waals surface area contributed by atoms with Crippen LogP contribution in [0.25, 0.3) is 0 Å². The van der Waals surface area contributed by atoms with Crippen LogP contribution >= 0.6 is 0 Å². The summed E-state index contributed by atoms with van der Waals surface area (Å²) in [7, 11) is 0. The highest BCUT2D eigenvalue weighted by atomic mass is 14.5. The highest BCUT2D eigenvalue weighted by Gasteiger charge is 2.42. The van der Waals surface area contributed by atoms with Crippen molar-refractivity contribution in [2.45, 2.75) is 33.1 Å². The minimum Gasteiger partial charge on any atom is -0.0848 e. The van der Waals surface area contributed by atoms with Gasteiger partial charge in [0.15, 0.2) is 0 Å². The molecule has 1 fully saturated rings. The van der Waals surface area contributed by atoms with Crippen LogP contribution in [0.2, 0.25) is 0 Å². The third-order valence-electron chi connectivity index (χ3n) is 3.17. The van der Waals surface area contributed by atoms with Gasteiger partial charge < -0.3 is 0 Å². The molecule has 0 amide bonds. The Morgan fingerprint density at radius 1 is 1.70 bits per heavy atom. The van der Waals surface area contributed by atoms with Gasteiger partial charge in [-0.2, -0.15) is 0 Å². The normalized spacial score (nSPS) is 52.5. The second-order valence-electron chi connectivity index (χ2n) is 4.03. The third-order valence-corrected chi connectivity index (χ3v) is 3.17. The summed E-state index contributed by atoms with van der Waals surface area (Å²) < 4.78 is 7.95. The van der Waals surface area contributed by atoms with Crippen LogP contribution in [0.1, 0.15) is 34.5 Å². The number of rotatable bonds is 1. The summed E-state index contributed by atoms with van der Waals surface area (Å²) in [5, 5.41) is 0. The molecule has 0 saturated heterocycles. The molecule has 0 heterocycles. The van der Waals surface area contributed by atoms with E-state index in [0.717, 1.165) is 12.3 Å². The number of fused-ring (bicyclic) bond motifs is 2. The van der Waals surface area contributed by atoms with Gasteiger partial charge >= 0.3 is 0 Å². The van der Waals surface area contributed by atoms with Crippen molar-refractivity contribution in [2.24, 2.45) is 17.3 Å². The molecule has 2 rings (SSSR count). The van der Waals surface area contributed by atoms with Crippen LogP contribution in [-0.2, 0) is 0 Å². The smallest absolute Gasteiger partial charge is 0.0276 e. The molecule has 3 atom stereocenters. The summed E-state index contributed by atoms with van der Waals surface area (Å²) in [4.78, 5) is 0. The van der Waals surface area contributed by atoms with Gasteiger partial charge in [-0.25, -0.2) is 0 Å². The van der Waals surface area contributed by atoms with Crippen LogP contribution in [0.3, 0.4) is 0 Å². The fraction of sp³-hybridized carbons (Fsp3) is 0.800. The van der Waals surface area contributed by atoms with Crippen molar-refractivity contribution < 1.29 is 1.37 Å². The van der Waals surface area contributed by atoms with Crippen molar-refractivity contribution >= 4 is 0 Å². The minimum atomic E-state index is 0.178. The lowest BCUT2D eigenvalue weighted by Crippen LogP contribution is -2.18. The first-order valence-corrected chi connectivity index (χ1v) is 4.27. The highest BCUT2D eigenvalue weighted by Crippen LogP contribution is 2.53. The zero-order valence-electron chi connectivity index (χ0n) is 7.80. The maximum absolute atomic E-state index is 7.95. The van der Waals surface area contributed by atoms with Crippen molar-refractivity contribution in [2.75, 3.05) is 0 Å². The summed E-state index contributed by atoms with van der Waals surface area (Å²) in [6, 6.07) is 0. The van der Waals surface area contributed by atoms with Crippen LogP contribution in [0.5, 0.6) is 0 Å². The zero-order chi connectivity index (χ0) is 8.06. The maximum atomic E-state index is 7.95. The lowest BCUT2D eigenvalue weighted by atomic mass is 9.77. The number of hydrogen-bond donors (Lipinski definition) is 0. The average molecular weight is 137 g/mol. The molecule has 3 unspecified atom stereocenters. The summed E-state index contributed by atoms with van der Waals surface area (Å²) in [6.07, 6.45) is 7.17.